The van der Waals surface area contributed by atoms with Gasteiger partial charge in [0.15, 0.2) is 5.78 Å². The lowest BCUT2D eigenvalue weighted by Gasteiger charge is -2.19. The number of carbonyl (C=O) groups excluding carboxylic acids is 6. The molecule has 0 unspecified atom stereocenters. The van der Waals surface area contributed by atoms with Gasteiger partial charge >= 0.3 is 5.97 Å². The van der Waals surface area contributed by atoms with E-state index in [2.05, 4.69) is 10.6 Å². The van der Waals surface area contributed by atoms with E-state index in [1.165, 1.54) is 13.8 Å². The van der Waals surface area contributed by atoms with Crippen LogP contribution in [0.4, 0.5) is 0 Å². The Morgan fingerprint density at radius 3 is 2.07 bits per heavy atom. The highest BCUT2D eigenvalue weighted by Gasteiger charge is 2.29. The van der Waals surface area contributed by atoms with E-state index < -0.39 is 72.3 Å². The van der Waals surface area contributed by atoms with Crippen molar-refractivity contribution >= 4 is 41.3 Å². The molecule has 0 saturated carbocycles. The topological polar surface area (TPSA) is 193 Å². The van der Waals surface area contributed by atoms with Gasteiger partial charge in [0, 0.05) is 24.5 Å². The van der Waals surface area contributed by atoms with Crippen molar-refractivity contribution in [3.63, 3.8) is 0 Å². The predicted molar refractivity (Wildman–Crippen MR) is 95.6 cm³/mol. The van der Waals surface area contributed by atoms with Crippen LogP contribution in [0.25, 0.3) is 0 Å². The van der Waals surface area contributed by atoms with Crippen molar-refractivity contribution in [2.45, 2.75) is 38.8 Å². The number of nitrogens with two attached hydrogens (primary N) is 1. The van der Waals surface area contributed by atoms with Crippen LogP contribution in [-0.2, 0) is 33.6 Å². The lowest BCUT2D eigenvalue weighted by molar-refractivity contribution is -0.144. The normalized spacial score (nSPS) is 16.1. The third-order valence-corrected chi connectivity index (χ3v) is 4.04. The fourth-order valence-electron chi connectivity index (χ4n) is 2.38. The number of primary amides is 1. The van der Waals surface area contributed by atoms with Crippen LogP contribution < -0.4 is 16.4 Å². The summed E-state index contributed by atoms with van der Waals surface area (Å²) in [6.07, 6.45) is 1.12. The first-order valence-corrected chi connectivity index (χ1v) is 8.59. The average molecular weight is 410 g/mol. The molecule has 1 aliphatic rings. The Balaban J connectivity index is 2.53. The predicted octanol–water partition coefficient (Wildman–Crippen LogP) is -2.54. The Hall–Kier alpha value is -3.57. The van der Waals surface area contributed by atoms with E-state index in [-0.39, 0.29) is 6.42 Å². The Kier molecular flexibility index (Phi) is 8.18. The number of hydrogen-bond donors (Lipinski definition) is 4. The monoisotopic (exact) mass is 410 g/mol. The number of nitrogens with one attached hydrogen (secondary N) is 2. The standard InChI is InChI=1S/C17H22N4O8/c1-8(16(27)20-10(17(28)29)6-12(18)23)5-11(22)9(2)19-13(24)7-21-14(25)3-4-15(21)26/h3-4,8-10H,5-7H2,1-2H3,(H2,18,23)(H,19,24)(H,20,27)(H,28,29)/t8-,9-,10-/m0/s1. The molecular formula is C17H22N4O8. The summed E-state index contributed by atoms with van der Waals surface area (Å²) in [5.74, 6) is -6.62. The second-order valence-corrected chi connectivity index (χ2v) is 6.53. The SMILES string of the molecule is C[C@H](NC(=O)CN1C(=O)C=CC1=O)C(=O)C[C@H](C)C(=O)N[C@@H](CC(N)=O)C(=O)O. The number of hydrogen-bond acceptors (Lipinski definition) is 7. The second kappa shape index (κ2) is 10.1. The van der Waals surface area contributed by atoms with Crippen molar-refractivity contribution in [2.75, 3.05) is 6.54 Å². The van der Waals surface area contributed by atoms with Gasteiger partial charge in [-0.3, -0.25) is 33.7 Å². The summed E-state index contributed by atoms with van der Waals surface area (Å²) in [6, 6.07) is -2.53. The summed E-state index contributed by atoms with van der Waals surface area (Å²) in [5.41, 5.74) is 4.93. The highest BCUT2D eigenvalue weighted by atomic mass is 16.4. The lowest BCUT2D eigenvalue weighted by Crippen LogP contribution is -2.47. The van der Waals surface area contributed by atoms with Gasteiger partial charge in [0.05, 0.1) is 12.5 Å². The van der Waals surface area contributed by atoms with Gasteiger partial charge in [-0.1, -0.05) is 6.92 Å². The molecule has 0 aromatic carbocycles. The second-order valence-electron chi connectivity index (χ2n) is 6.53. The van der Waals surface area contributed by atoms with Gasteiger partial charge in [-0.15, -0.1) is 0 Å². The van der Waals surface area contributed by atoms with Gasteiger partial charge in [0.25, 0.3) is 11.8 Å². The highest BCUT2D eigenvalue weighted by molar-refractivity contribution is 6.14. The number of amides is 5. The van der Waals surface area contributed by atoms with Crippen LogP contribution in [0.3, 0.4) is 0 Å². The van der Waals surface area contributed by atoms with Crippen LogP contribution in [0.15, 0.2) is 12.2 Å². The molecule has 29 heavy (non-hydrogen) atoms. The van der Waals surface area contributed by atoms with Crippen LogP contribution in [-0.4, -0.2) is 69.9 Å². The zero-order chi connectivity index (χ0) is 22.3. The van der Waals surface area contributed by atoms with Crippen LogP contribution in [0, 0.1) is 5.92 Å². The van der Waals surface area contributed by atoms with Crippen molar-refractivity contribution in [1.29, 1.82) is 0 Å². The number of carbonyl (C=O) groups is 7. The molecule has 0 fully saturated rings. The number of Topliss-reactive ketones (excluding diaryl/α,β-unsaturated/α-hetero) is 1. The average Bonchev–Trinajstić information content (AvgIpc) is 2.92. The zero-order valence-electron chi connectivity index (χ0n) is 15.8. The molecule has 12 heteroatoms. The molecule has 3 atom stereocenters. The molecule has 0 aromatic heterocycles. The van der Waals surface area contributed by atoms with E-state index in [0.29, 0.717) is 4.90 Å². The molecule has 5 amide bonds. The van der Waals surface area contributed by atoms with Crippen LogP contribution in [0.5, 0.6) is 0 Å². The Morgan fingerprint density at radius 1 is 1.03 bits per heavy atom. The van der Waals surface area contributed by atoms with Crippen molar-refractivity contribution in [1.82, 2.24) is 15.5 Å². The number of nitrogens with zero attached hydrogens (tertiary/aromatic N) is 1. The lowest BCUT2D eigenvalue weighted by atomic mass is 9.99. The number of carboxylic acids is 1. The number of aliphatic carboxylic acids is 1. The third-order valence-electron chi connectivity index (χ3n) is 4.04. The van der Waals surface area contributed by atoms with Crippen LogP contribution in [0.1, 0.15) is 26.7 Å². The molecule has 0 radical (unpaired) electrons. The summed E-state index contributed by atoms with van der Waals surface area (Å²) in [6.45, 7) is 2.19. The van der Waals surface area contributed by atoms with Crippen molar-refractivity contribution in [3.8, 4) is 0 Å². The molecule has 0 aliphatic carbocycles. The molecule has 0 spiro atoms. The van der Waals surface area contributed by atoms with Gasteiger partial charge in [0.2, 0.25) is 17.7 Å². The van der Waals surface area contributed by atoms with E-state index in [9.17, 15) is 33.6 Å². The molecule has 1 rings (SSSR count). The van der Waals surface area contributed by atoms with Gasteiger partial charge in [-0.05, 0) is 6.92 Å². The number of imide groups is 1. The fourth-order valence-corrected chi connectivity index (χ4v) is 2.38. The highest BCUT2D eigenvalue weighted by Crippen LogP contribution is 2.07. The van der Waals surface area contributed by atoms with E-state index >= 15 is 0 Å². The first-order chi connectivity index (χ1) is 13.4. The Bertz CT molecular complexity index is 757. The Labute approximate surface area is 165 Å². The summed E-state index contributed by atoms with van der Waals surface area (Å²) >= 11 is 0. The van der Waals surface area contributed by atoms with Crippen molar-refractivity contribution < 1.29 is 38.7 Å². The molecule has 158 valence electrons. The minimum absolute atomic E-state index is 0.320. The van der Waals surface area contributed by atoms with Crippen LogP contribution >= 0.6 is 0 Å². The summed E-state index contributed by atoms with van der Waals surface area (Å²) < 4.78 is 0. The summed E-state index contributed by atoms with van der Waals surface area (Å²) in [7, 11) is 0. The minimum atomic E-state index is -1.51. The van der Waals surface area contributed by atoms with Gasteiger partial charge < -0.3 is 21.5 Å². The van der Waals surface area contributed by atoms with E-state index in [4.69, 9.17) is 10.8 Å². The summed E-state index contributed by atoms with van der Waals surface area (Å²) in [5, 5.41) is 13.4. The largest absolute Gasteiger partial charge is 0.480 e. The number of ketones is 1. The molecule has 0 aromatic rings. The van der Waals surface area contributed by atoms with Gasteiger partial charge in [-0.2, -0.15) is 0 Å². The Morgan fingerprint density at radius 2 is 1.59 bits per heavy atom. The van der Waals surface area contributed by atoms with E-state index in [0.717, 1.165) is 12.2 Å². The third kappa shape index (κ3) is 7.16. The van der Waals surface area contributed by atoms with Gasteiger partial charge in [-0.25, -0.2) is 4.79 Å². The van der Waals surface area contributed by atoms with Crippen LogP contribution in [0.2, 0.25) is 0 Å². The molecule has 0 saturated heterocycles. The molecule has 12 nitrogen and oxygen atoms in total. The first kappa shape index (κ1) is 23.5. The van der Waals surface area contributed by atoms with E-state index in [1.807, 2.05) is 0 Å². The number of carboxylic acid groups (broad SMARTS) is 1. The fraction of sp³-hybridized carbons (Fsp3) is 0.471. The molecule has 0 bridgehead atoms. The molecular weight excluding hydrogens is 388 g/mol. The molecule has 1 aliphatic heterocycles. The van der Waals surface area contributed by atoms with Crippen molar-refractivity contribution in [2.24, 2.45) is 11.7 Å². The van der Waals surface area contributed by atoms with Crippen molar-refractivity contribution in [3.05, 3.63) is 12.2 Å². The maximum absolute atomic E-state index is 12.2. The zero-order valence-corrected chi connectivity index (χ0v) is 15.8. The van der Waals surface area contributed by atoms with E-state index in [1.54, 1.807) is 0 Å². The first-order valence-electron chi connectivity index (χ1n) is 8.59. The maximum atomic E-state index is 12.2. The molecule has 1 heterocycles. The molecule has 5 N–H and O–H groups in total. The minimum Gasteiger partial charge on any atom is -0.480 e. The maximum Gasteiger partial charge on any atom is 0.326 e. The van der Waals surface area contributed by atoms with Gasteiger partial charge in [0.1, 0.15) is 12.6 Å². The summed E-state index contributed by atoms with van der Waals surface area (Å²) in [4.78, 5) is 81.6. The number of rotatable bonds is 11. The quantitative estimate of drug-likeness (QED) is 0.267. The smallest absolute Gasteiger partial charge is 0.326 e.